The van der Waals surface area contributed by atoms with E-state index in [1.165, 1.54) is 0 Å². The smallest absolute Gasteiger partial charge is 0.148 e. The van der Waals surface area contributed by atoms with Crippen LogP contribution in [-0.4, -0.2) is 17.1 Å². The van der Waals surface area contributed by atoms with Gasteiger partial charge in [0.1, 0.15) is 23.2 Å². The van der Waals surface area contributed by atoms with Gasteiger partial charge < -0.3 is 15.5 Å². The van der Waals surface area contributed by atoms with Crippen LogP contribution in [0.2, 0.25) is 0 Å². The number of hydrazine groups is 1. The van der Waals surface area contributed by atoms with E-state index in [4.69, 9.17) is 10.6 Å². The third-order valence-corrected chi connectivity index (χ3v) is 3.55. The Bertz CT molecular complexity index is 648. The van der Waals surface area contributed by atoms with E-state index in [-0.39, 0.29) is 0 Å². The molecule has 7 heteroatoms. The molecule has 6 nitrogen and oxygen atoms in total. The van der Waals surface area contributed by atoms with Crippen molar-refractivity contribution < 1.29 is 4.74 Å². The Labute approximate surface area is 132 Å². The Morgan fingerprint density at radius 2 is 2.00 bits per heavy atom. The fourth-order valence-corrected chi connectivity index (χ4v) is 2.25. The standard InChI is InChI=1S/C14H18BrN5O/c1-4-12-18-13(8(2)14(19-12)20-16)17-10-7-9(15)5-6-11(10)21-3/h5-7H,4,16H2,1-3H3,(H2,17,18,19,20). The van der Waals surface area contributed by atoms with Gasteiger partial charge in [-0.25, -0.2) is 15.8 Å². The van der Waals surface area contributed by atoms with Gasteiger partial charge in [-0.2, -0.15) is 0 Å². The van der Waals surface area contributed by atoms with Crippen molar-refractivity contribution >= 4 is 33.3 Å². The topological polar surface area (TPSA) is 85.1 Å². The molecule has 2 rings (SSSR count). The van der Waals surface area contributed by atoms with Crippen molar-refractivity contribution in [1.29, 1.82) is 0 Å². The highest BCUT2D eigenvalue weighted by atomic mass is 79.9. The second-order valence-corrected chi connectivity index (χ2v) is 5.35. The maximum absolute atomic E-state index is 5.52. The molecule has 0 atom stereocenters. The van der Waals surface area contributed by atoms with Gasteiger partial charge >= 0.3 is 0 Å². The van der Waals surface area contributed by atoms with E-state index < -0.39 is 0 Å². The van der Waals surface area contributed by atoms with E-state index in [1.807, 2.05) is 32.0 Å². The number of nitrogens with one attached hydrogen (secondary N) is 2. The number of anilines is 3. The van der Waals surface area contributed by atoms with Gasteiger partial charge in [0.05, 0.1) is 12.8 Å². The molecule has 0 saturated carbocycles. The van der Waals surface area contributed by atoms with Crippen LogP contribution in [0.4, 0.5) is 17.3 Å². The van der Waals surface area contributed by atoms with Gasteiger partial charge in [-0.05, 0) is 25.1 Å². The van der Waals surface area contributed by atoms with Gasteiger partial charge in [0.25, 0.3) is 0 Å². The zero-order chi connectivity index (χ0) is 15.4. The van der Waals surface area contributed by atoms with Crippen LogP contribution in [0.15, 0.2) is 22.7 Å². The number of hydrogen-bond donors (Lipinski definition) is 3. The van der Waals surface area contributed by atoms with Crippen molar-refractivity contribution in [1.82, 2.24) is 9.97 Å². The Morgan fingerprint density at radius 1 is 1.29 bits per heavy atom. The average molecular weight is 352 g/mol. The van der Waals surface area contributed by atoms with E-state index in [2.05, 4.69) is 36.6 Å². The second-order valence-electron chi connectivity index (χ2n) is 4.43. The van der Waals surface area contributed by atoms with Gasteiger partial charge in [0, 0.05) is 16.5 Å². The molecule has 0 unspecified atom stereocenters. The number of rotatable bonds is 5. The molecule has 0 aliphatic carbocycles. The molecule has 0 saturated heterocycles. The predicted octanol–water partition coefficient (Wildman–Crippen LogP) is 3.15. The summed E-state index contributed by atoms with van der Waals surface area (Å²) in [6, 6.07) is 5.73. The Kier molecular flexibility index (Phi) is 4.98. The molecule has 0 aliphatic rings. The van der Waals surface area contributed by atoms with Gasteiger partial charge in [-0.3, -0.25) is 0 Å². The summed E-state index contributed by atoms with van der Waals surface area (Å²) in [6.45, 7) is 3.90. The molecule has 21 heavy (non-hydrogen) atoms. The fourth-order valence-electron chi connectivity index (χ4n) is 1.89. The molecule has 0 bridgehead atoms. The van der Waals surface area contributed by atoms with Crippen molar-refractivity contribution in [3.8, 4) is 5.75 Å². The number of methoxy groups -OCH3 is 1. The van der Waals surface area contributed by atoms with Crippen molar-refractivity contribution in [3.63, 3.8) is 0 Å². The molecule has 2 aromatic rings. The summed E-state index contributed by atoms with van der Waals surface area (Å²) >= 11 is 3.45. The van der Waals surface area contributed by atoms with Crippen LogP contribution < -0.4 is 21.3 Å². The average Bonchev–Trinajstić information content (AvgIpc) is 2.49. The van der Waals surface area contributed by atoms with Crippen LogP contribution >= 0.6 is 15.9 Å². The van der Waals surface area contributed by atoms with Gasteiger partial charge in [0.15, 0.2) is 0 Å². The summed E-state index contributed by atoms with van der Waals surface area (Å²) in [6.07, 6.45) is 0.721. The molecule has 4 N–H and O–H groups in total. The SMILES string of the molecule is CCc1nc(NN)c(C)c(Nc2cc(Br)ccc2OC)n1. The van der Waals surface area contributed by atoms with Crippen LogP contribution in [0.5, 0.6) is 5.75 Å². The van der Waals surface area contributed by atoms with E-state index in [0.717, 1.165) is 27.9 Å². The third-order valence-electron chi connectivity index (χ3n) is 3.06. The van der Waals surface area contributed by atoms with Crippen molar-refractivity contribution in [2.24, 2.45) is 5.84 Å². The zero-order valence-electron chi connectivity index (χ0n) is 12.2. The number of ether oxygens (including phenoxy) is 1. The molecule has 0 radical (unpaired) electrons. The normalized spacial score (nSPS) is 10.3. The van der Waals surface area contributed by atoms with E-state index in [1.54, 1.807) is 7.11 Å². The highest BCUT2D eigenvalue weighted by Gasteiger charge is 2.12. The Morgan fingerprint density at radius 3 is 2.62 bits per heavy atom. The quantitative estimate of drug-likeness (QED) is 0.566. The van der Waals surface area contributed by atoms with Crippen molar-refractivity contribution in [2.45, 2.75) is 20.3 Å². The van der Waals surface area contributed by atoms with Crippen LogP contribution in [0.25, 0.3) is 0 Å². The highest BCUT2D eigenvalue weighted by Crippen LogP contribution is 2.32. The molecule has 112 valence electrons. The molecule has 1 heterocycles. The first-order valence-electron chi connectivity index (χ1n) is 6.53. The lowest BCUT2D eigenvalue weighted by molar-refractivity contribution is 0.416. The van der Waals surface area contributed by atoms with E-state index in [9.17, 15) is 0 Å². The summed E-state index contributed by atoms with van der Waals surface area (Å²) in [5.74, 6) is 8.27. The minimum Gasteiger partial charge on any atom is -0.495 e. The largest absolute Gasteiger partial charge is 0.495 e. The lowest BCUT2D eigenvalue weighted by Crippen LogP contribution is -2.14. The van der Waals surface area contributed by atoms with Crippen LogP contribution in [0.3, 0.4) is 0 Å². The first kappa shape index (κ1) is 15.5. The number of hydrogen-bond acceptors (Lipinski definition) is 6. The first-order chi connectivity index (χ1) is 10.1. The number of aromatic nitrogens is 2. The Hall–Kier alpha value is -1.86. The third kappa shape index (κ3) is 3.43. The predicted molar refractivity (Wildman–Crippen MR) is 87.9 cm³/mol. The molecule has 0 spiro atoms. The lowest BCUT2D eigenvalue weighted by atomic mass is 10.2. The summed E-state index contributed by atoms with van der Waals surface area (Å²) in [7, 11) is 1.63. The summed E-state index contributed by atoms with van der Waals surface area (Å²) < 4.78 is 6.31. The Balaban J connectivity index is 2.46. The molecular formula is C14H18BrN5O. The number of nitrogens with two attached hydrogens (primary N) is 1. The van der Waals surface area contributed by atoms with E-state index >= 15 is 0 Å². The van der Waals surface area contributed by atoms with Gasteiger partial charge in [-0.1, -0.05) is 22.9 Å². The summed E-state index contributed by atoms with van der Waals surface area (Å²) in [5.41, 5.74) is 4.27. The lowest BCUT2D eigenvalue weighted by Gasteiger charge is -2.15. The fraction of sp³-hybridized carbons (Fsp3) is 0.286. The number of halogens is 1. The minimum atomic E-state index is 0.610. The zero-order valence-corrected chi connectivity index (χ0v) is 13.8. The number of benzene rings is 1. The van der Waals surface area contributed by atoms with Crippen molar-refractivity contribution in [3.05, 3.63) is 34.1 Å². The van der Waals surface area contributed by atoms with Crippen molar-refractivity contribution in [2.75, 3.05) is 17.9 Å². The molecule has 1 aromatic heterocycles. The molecule has 0 aliphatic heterocycles. The maximum atomic E-state index is 5.52. The van der Waals surface area contributed by atoms with Crippen LogP contribution in [0, 0.1) is 6.92 Å². The van der Waals surface area contributed by atoms with Crippen LogP contribution in [-0.2, 0) is 6.42 Å². The first-order valence-corrected chi connectivity index (χ1v) is 7.33. The molecule has 0 fully saturated rings. The second kappa shape index (κ2) is 6.73. The monoisotopic (exact) mass is 351 g/mol. The molecule has 1 aromatic carbocycles. The molecular weight excluding hydrogens is 334 g/mol. The minimum absolute atomic E-state index is 0.610. The summed E-state index contributed by atoms with van der Waals surface area (Å²) in [4.78, 5) is 8.86. The highest BCUT2D eigenvalue weighted by molar-refractivity contribution is 9.10. The number of nitrogens with zero attached hydrogens (tertiary/aromatic N) is 2. The number of aryl methyl sites for hydroxylation is 1. The summed E-state index contributed by atoms with van der Waals surface area (Å²) in [5, 5.41) is 3.28. The molecule has 0 amide bonds. The van der Waals surface area contributed by atoms with Crippen LogP contribution in [0.1, 0.15) is 18.3 Å². The number of nitrogen functional groups attached to an aromatic ring is 1. The van der Waals surface area contributed by atoms with E-state index in [0.29, 0.717) is 17.5 Å². The van der Waals surface area contributed by atoms with Gasteiger partial charge in [0.2, 0.25) is 0 Å². The maximum Gasteiger partial charge on any atom is 0.148 e. The van der Waals surface area contributed by atoms with Gasteiger partial charge in [-0.15, -0.1) is 0 Å².